The van der Waals surface area contributed by atoms with Crippen molar-refractivity contribution in [1.82, 2.24) is 0 Å². The quantitative estimate of drug-likeness (QED) is 0.0327. The second kappa shape index (κ2) is 26.6. The van der Waals surface area contributed by atoms with Gasteiger partial charge in [0.2, 0.25) is 0 Å². The van der Waals surface area contributed by atoms with E-state index in [0.717, 1.165) is 57.1 Å². The maximum absolute atomic E-state index is 12.6. The molecule has 0 N–H and O–H groups in total. The van der Waals surface area contributed by atoms with Crippen LogP contribution >= 0.6 is 0 Å². The van der Waals surface area contributed by atoms with Crippen molar-refractivity contribution in [2.75, 3.05) is 33.5 Å². The molecule has 7 nitrogen and oxygen atoms in total. The molecule has 7 heteroatoms. The topological polar surface area (TPSA) is 72.5 Å². The van der Waals surface area contributed by atoms with E-state index in [-0.39, 0.29) is 18.9 Å². The van der Waals surface area contributed by atoms with E-state index in [1.165, 1.54) is 64.9 Å². The van der Waals surface area contributed by atoms with Crippen LogP contribution in [0.15, 0.2) is 42.5 Å². The van der Waals surface area contributed by atoms with Gasteiger partial charge in [-0.05, 0) is 56.9 Å². The fourth-order valence-electron chi connectivity index (χ4n) is 5.27. The fourth-order valence-corrected chi connectivity index (χ4v) is 5.27. The molecule has 1 aliphatic rings. The van der Waals surface area contributed by atoms with Gasteiger partial charge in [0.1, 0.15) is 18.8 Å². The number of carbonyl (C=O) groups is 1. The molecule has 1 aliphatic heterocycles. The zero-order valence-electron chi connectivity index (χ0n) is 27.2. The average Bonchev–Trinajstić information content (AvgIpc) is 3.03. The van der Waals surface area contributed by atoms with E-state index in [4.69, 9.17) is 28.7 Å². The third-order valence-electron chi connectivity index (χ3n) is 7.82. The highest BCUT2D eigenvalue weighted by atomic mass is 17.2. The van der Waals surface area contributed by atoms with E-state index in [9.17, 15) is 4.79 Å². The Morgan fingerprint density at radius 3 is 2.26 bits per heavy atom. The van der Waals surface area contributed by atoms with Gasteiger partial charge in [0.15, 0.2) is 6.29 Å². The van der Waals surface area contributed by atoms with E-state index in [1.54, 1.807) is 0 Å². The van der Waals surface area contributed by atoms with Crippen molar-refractivity contribution in [3.8, 4) is 0 Å². The van der Waals surface area contributed by atoms with Crippen molar-refractivity contribution < 1.29 is 33.5 Å². The van der Waals surface area contributed by atoms with Gasteiger partial charge < -0.3 is 18.9 Å². The molecule has 0 spiro atoms. The summed E-state index contributed by atoms with van der Waals surface area (Å²) in [6.07, 6.45) is 23.6. The highest BCUT2D eigenvalue weighted by Crippen LogP contribution is 2.16. The molecule has 1 aromatic carbocycles. The highest BCUT2D eigenvalue weighted by Gasteiger charge is 2.27. The van der Waals surface area contributed by atoms with Gasteiger partial charge in [-0.15, -0.1) is 0 Å². The zero-order chi connectivity index (χ0) is 30.6. The molecule has 0 aliphatic carbocycles. The Bertz CT molecular complexity index is 794. The lowest BCUT2D eigenvalue weighted by atomic mass is 10.0. The molecule has 1 saturated heterocycles. The second-order valence-electron chi connectivity index (χ2n) is 11.6. The lowest BCUT2D eigenvalue weighted by molar-refractivity contribution is -0.325. The number of hydrogen-bond donors (Lipinski definition) is 0. The first kappa shape index (κ1) is 37.4. The molecule has 3 atom stereocenters. The average molecular weight is 605 g/mol. The molecule has 2 unspecified atom stereocenters. The number of rotatable bonds is 27. The predicted molar refractivity (Wildman–Crippen MR) is 172 cm³/mol. The van der Waals surface area contributed by atoms with Gasteiger partial charge in [0.25, 0.3) is 0 Å². The number of hydrogen-bond acceptors (Lipinski definition) is 7. The monoisotopic (exact) mass is 604 g/mol. The third kappa shape index (κ3) is 20.0. The molecule has 43 heavy (non-hydrogen) atoms. The van der Waals surface area contributed by atoms with Gasteiger partial charge in [0, 0.05) is 19.4 Å². The van der Waals surface area contributed by atoms with Crippen LogP contribution in [0, 0.1) is 0 Å². The zero-order valence-corrected chi connectivity index (χ0v) is 27.2. The van der Waals surface area contributed by atoms with Crippen LogP contribution in [0.25, 0.3) is 0 Å². The van der Waals surface area contributed by atoms with Crippen molar-refractivity contribution >= 4 is 5.97 Å². The van der Waals surface area contributed by atoms with Gasteiger partial charge in [0.05, 0.1) is 20.3 Å². The smallest absolute Gasteiger partial charge is 0.305 e. The first-order chi connectivity index (χ1) is 21.2. The largest absolute Gasteiger partial charge is 0.463 e. The van der Waals surface area contributed by atoms with E-state index < -0.39 is 12.2 Å². The molecular formula is C36H60O7. The normalized spacial score (nSPS) is 16.8. The van der Waals surface area contributed by atoms with Crippen LogP contribution in [0.2, 0.25) is 0 Å². The fraction of sp³-hybridized carbons (Fsp3) is 0.750. The summed E-state index contributed by atoms with van der Waals surface area (Å²) < 4.78 is 23.3. The van der Waals surface area contributed by atoms with E-state index in [2.05, 4.69) is 19.1 Å². The standard InChI is InChI=1S/C36H60O7/c1-3-4-5-6-7-8-9-10-11-12-13-14-15-16-20-25-35(37)42-31-34(39-28-29-41-36-26-21-22-27-40-36)33(43-38-2)30-32-23-18-17-19-24-32/h10-11,17-19,23-24,33-34,36H,3-9,12-16,20-22,25-31H2,1-2H3/b11-10-/t33?,34-,36?/m0/s1. The number of ether oxygens (including phenoxy) is 4. The van der Waals surface area contributed by atoms with Gasteiger partial charge in [-0.25, -0.2) is 9.78 Å². The number of benzene rings is 1. The van der Waals surface area contributed by atoms with E-state index in [1.807, 2.05) is 30.3 Å². The van der Waals surface area contributed by atoms with Crippen LogP contribution in [0.1, 0.15) is 122 Å². The van der Waals surface area contributed by atoms with Crippen LogP contribution in [0.5, 0.6) is 0 Å². The van der Waals surface area contributed by atoms with Crippen LogP contribution in [-0.4, -0.2) is 58.0 Å². The van der Waals surface area contributed by atoms with Crippen LogP contribution in [0.4, 0.5) is 0 Å². The first-order valence-corrected chi connectivity index (χ1v) is 17.1. The summed E-state index contributed by atoms with van der Waals surface area (Å²) in [4.78, 5) is 23.2. The minimum Gasteiger partial charge on any atom is -0.463 e. The Kier molecular flexibility index (Phi) is 23.2. The third-order valence-corrected chi connectivity index (χ3v) is 7.82. The Hall–Kier alpha value is -1.77. The number of unbranched alkanes of at least 4 members (excludes halogenated alkanes) is 11. The highest BCUT2D eigenvalue weighted by molar-refractivity contribution is 5.69. The summed E-state index contributed by atoms with van der Waals surface area (Å²) in [6.45, 7) is 3.84. The minimum atomic E-state index is -0.492. The maximum atomic E-state index is 12.6. The molecule has 0 saturated carbocycles. The molecule has 0 bridgehead atoms. The summed E-state index contributed by atoms with van der Waals surface area (Å²) in [5.41, 5.74) is 1.09. The van der Waals surface area contributed by atoms with Gasteiger partial charge in [-0.1, -0.05) is 101 Å². The summed E-state index contributed by atoms with van der Waals surface area (Å²) in [6, 6.07) is 10.0. The second-order valence-corrected chi connectivity index (χ2v) is 11.6. The molecule has 1 aromatic rings. The van der Waals surface area contributed by atoms with Crippen molar-refractivity contribution in [2.24, 2.45) is 0 Å². The molecule has 0 radical (unpaired) electrons. The van der Waals surface area contributed by atoms with Crippen molar-refractivity contribution in [2.45, 2.75) is 141 Å². The molecule has 1 fully saturated rings. The molecule has 0 amide bonds. The Balaban J connectivity index is 1.63. The minimum absolute atomic E-state index is 0.102. The molecular weight excluding hydrogens is 544 g/mol. The van der Waals surface area contributed by atoms with Crippen molar-refractivity contribution in [1.29, 1.82) is 0 Å². The molecule has 2 rings (SSSR count). The predicted octanol–water partition coefficient (Wildman–Crippen LogP) is 8.68. The van der Waals surface area contributed by atoms with E-state index >= 15 is 0 Å². The molecule has 0 aromatic heterocycles. The first-order valence-electron chi connectivity index (χ1n) is 17.1. The molecule has 1 heterocycles. The van der Waals surface area contributed by atoms with Gasteiger partial charge in [-0.3, -0.25) is 4.79 Å². The lowest BCUT2D eigenvalue weighted by Crippen LogP contribution is -2.39. The SMILES string of the molecule is CCCCCCCC/C=C\CCCCCCCC(=O)OC[C@H](OCCOC1CCCCO1)C(Cc1ccccc1)OOC. The Labute approximate surface area is 261 Å². The van der Waals surface area contributed by atoms with Gasteiger partial charge >= 0.3 is 5.97 Å². The van der Waals surface area contributed by atoms with Crippen LogP contribution < -0.4 is 0 Å². The summed E-state index contributed by atoms with van der Waals surface area (Å²) in [5, 5.41) is 0. The summed E-state index contributed by atoms with van der Waals surface area (Å²) in [5.74, 6) is -0.200. The van der Waals surface area contributed by atoms with Gasteiger partial charge in [-0.2, -0.15) is 0 Å². The van der Waals surface area contributed by atoms with Crippen molar-refractivity contribution in [3.63, 3.8) is 0 Å². The number of esters is 1. The van der Waals surface area contributed by atoms with Crippen LogP contribution in [0.3, 0.4) is 0 Å². The number of allylic oxidation sites excluding steroid dienone is 2. The Morgan fingerprint density at radius 2 is 1.58 bits per heavy atom. The summed E-state index contributed by atoms with van der Waals surface area (Å²) in [7, 11) is 1.48. The maximum Gasteiger partial charge on any atom is 0.305 e. The van der Waals surface area contributed by atoms with Crippen molar-refractivity contribution in [3.05, 3.63) is 48.0 Å². The Morgan fingerprint density at radius 1 is 0.884 bits per heavy atom. The van der Waals surface area contributed by atoms with Crippen LogP contribution in [-0.2, 0) is 39.9 Å². The van der Waals surface area contributed by atoms with E-state index in [0.29, 0.717) is 26.1 Å². The number of carbonyl (C=O) groups excluding carboxylic acids is 1. The molecule has 246 valence electrons. The lowest BCUT2D eigenvalue weighted by Gasteiger charge is -2.27. The summed E-state index contributed by atoms with van der Waals surface area (Å²) >= 11 is 0.